The molecule has 0 saturated heterocycles. The average molecular weight is 449 g/mol. The fourth-order valence-corrected chi connectivity index (χ4v) is 4.58. The zero-order chi connectivity index (χ0) is 21.2. The van der Waals surface area contributed by atoms with Gasteiger partial charge < -0.3 is 15.2 Å². The predicted octanol–water partition coefficient (Wildman–Crippen LogP) is 5.57. The number of aliphatic hydroxyl groups is 1. The van der Waals surface area contributed by atoms with Gasteiger partial charge in [0.15, 0.2) is 5.13 Å². The summed E-state index contributed by atoms with van der Waals surface area (Å²) in [5.74, 6) is -0.0914. The molecule has 29 heavy (non-hydrogen) atoms. The van der Waals surface area contributed by atoms with Crippen LogP contribution in [0.1, 0.15) is 11.1 Å². The van der Waals surface area contributed by atoms with Gasteiger partial charge in [0.05, 0.1) is 9.90 Å². The van der Waals surface area contributed by atoms with Crippen molar-refractivity contribution in [3.8, 4) is 11.3 Å². The SMILES string of the molecule is CO.CSc1sc(NCC(C=O)Cc2ccccc2)nc1-c1ccc(C)c(Cl)c1. The number of carbonyl (C=O) groups excluding carboxylic acids is 1. The number of thiazole rings is 1. The highest BCUT2D eigenvalue weighted by Crippen LogP contribution is 2.38. The number of aromatic nitrogens is 1. The highest BCUT2D eigenvalue weighted by Gasteiger charge is 2.15. The van der Waals surface area contributed by atoms with Crippen molar-refractivity contribution in [2.45, 2.75) is 17.6 Å². The summed E-state index contributed by atoms with van der Waals surface area (Å²) in [4.78, 5) is 16.2. The lowest BCUT2D eigenvalue weighted by molar-refractivity contribution is -0.110. The van der Waals surface area contributed by atoms with E-state index < -0.39 is 0 Å². The summed E-state index contributed by atoms with van der Waals surface area (Å²) in [6.45, 7) is 2.55. The summed E-state index contributed by atoms with van der Waals surface area (Å²) in [5.41, 5.74) is 4.16. The number of aryl methyl sites for hydroxylation is 1. The van der Waals surface area contributed by atoms with Gasteiger partial charge in [-0.2, -0.15) is 0 Å². The van der Waals surface area contributed by atoms with E-state index in [0.717, 1.165) is 56.6 Å². The third kappa shape index (κ3) is 6.57. The summed E-state index contributed by atoms with van der Waals surface area (Å²) >= 11 is 9.55. The molecule has 0 amide bonds. The lowest BCUT2D eigenvalue weighted by atomic mass is 10.0. The van der Waals surface area contributed by atoms with Gasteiger partial charge in [0.1, 0.15) is 6.29 Å². The summed E-state index contributed by atoms with van der Waals surface area (Å²) in [6, 6.07) is 16.1. The second-order valence-electron chi connectivity index (χ2n) is 6.29. The van der Waals surface area contributed by atoms with Gasteiger partial charge in [-0.3, -0.25) is 0 Å². The topological polar surface area (TPSA) is 62.2 Å². The molecule has 0 saturated carbocycles. The Morgan fingerprint density at radius 1 is 1.24 bits per heavy atom. The van der Waals surface area contributed by atoms with Crippen LogP contribution in [0.25, 0.3) is 11.3 Å². The standard InChI is InChI=1S/C21H21ClN2OS2.CH4O/c1-14-8-9-17(11-18(14)22)19-20(26-2)27-21(24-19)23-12-16(13-25)10-15-6-4-3-5-7-15;1-2/h3-9,11,13,16H,10,12H2,1-2H3,(H,23,24);2H,1H3. The number of hydrogen-bond donors (Lipinski definition) is 2. The molecule has 1 atom stereocenters. The monoisotopic (exact) mass is 448 g/mol. The van der Waals surface area contributed by atoms with Crippen molar-refractivity contribution < 1.29 is 9.90 Å². The van der Waals surface area contributed by atoms with Gasteiger partial charge in [0.2, 0.25) is 0 Å². The first-order valence-corrected chi connectivity index (χ1v) is 11.5. The van der Waals surface area contributed by atoms with Crippen molar-refractivity contribution in [2.75, 3.05) is 25.2 Å². The molecular weight excluding hydrogens is 424 g/mol. The second kappa shape index (κ2) is 12.0. The van der Waals surface area contributed by atoms with Gasteiger partial charge >= 0.3 is 0 Å². The lowest BCUT2D eigenvalue weighted by Gasteiger charge is -2.10. The number of benzene rings is 2. The molecule has 1 unspecified atom stereocenters. The molecule has 7 heteroatoms. The first-order valence-electron chi connectivity index (χ1n) is 9.10. The molecule has 0 aliphatic carbocycles. The molecule has 0 radical (unpaired) electrons. The molecule has 2 N–H and O–H groups in total. The number of aliphatic hydroxyl groups excluding tert-OH is 1. The van der Waals surface area contributed by atoms with Gasteiger partial charge in [-0.25, -0.2) is 4.98 Å². The quantitative estimate of drug-likeness (QED) is 0.348. The van der Waals surface area contributed by atoms with Crippen LogP contribution in [0.4, 0.5) is 5.13 Å². The maximum Gasteiger partial charge on any atom is 0.184 e. The van der Waals surface area contributed by atoms with Gasteiger partial charge in [0.25, 0.3) is 0 Å². The Balaban J connectivity index is 0.00000145. The maximum absolute atomic E-state index is 11.5. The normalized spacial score (nSPS) is 11.3. The Bertz CT molecular complexity index is 916. The Labute approximate surface area is 185 Å². The minimum absolute atomic E-state index is 0.0914. The van der Waals surface area contributed by atoms with Crippen LogP contribution in [0.2, 0.25) is 5.02 Å². The van der Waals surface area contributed by atoms with Gasteiger partial charge in [0, 0.05) is 30.2 Å². The van der Waals surface area contributed by atoms with Gasteiger partial charge in [-0.05, 0) is 36.8 Å². The molecule has 0 fully saturated rings. The summed E-state index contributed by atoms with van der Waals surface area (Å²) < 4.78 is 1.13. The molecule has 0 bridgehead atoms. The summed E-state index contributed by atoms with van der Waals surface area (Å²) in [5, 5.41) is 11.9. The average Bonchev–Trinajstić information content (AvgIpc) is 3.18. The zero-order valence-corrected chi connectivity index (χ0v) is 19.1. The molecule has 1 heterocycles. The predicted molar refractivity (Wildman–Crippen MR) is 125 cm³/mol. The number of nitrogens with zero attached hydrogens (tertiary/aromatic N) is 1. The van der Waals surface area contributed by atoms with Crippen molar-refractivity contribution >= 4 is 46.1 Å². The minimum atomic E-state index is -0.0914. The van der Waals surface area contributed by atoms with E-state index in [1.807, 2.05) is 61.7 Å². The van der Waals surface area contributed by atoms with Crippen LogP contribution < -0.4 is 5.32 Å². The fourth-order valence-electron chi connectivity index (χ4n) is 2.75. The van der Waals surface area contributed by atoms with E-state index in [0.29, 0.717) is 6.54 Å². The Morgan fingerprint density at radius 3 is 2.59 bits per heavy atom. The van der Waals surface area contributed by atoms with E-state index in [4.69, 9.17) is 21.7 Å². The number of rotatable bonds is 8. The number of halogens is 1. The third-order valence-electron chi connectivity index (χ3n) is 4.28. The van der Waals surface area contributed by atoms with Crippen LogP contribution in [-0.2, 0) is 11.2 Å². The van der Waals surface area contributed by atoms with Crippen LogP contribution in [0.5, 0.6) is 0 Å². The first kappa shape index (κ1) is 23.4. The Hall–Kier alpha value is -1.86. The smallest absolute Gasteiger partial charge is 0.184 e. The van der Waals surface area contributed by atoms with E-state index in [1.165, 1.54) is 0 Å². The highest BCUT2D eigenvalue weighted by molar-refractivity contribution is 8.00. The van der Waals surface area contributed by atoms with Gasteiger partial charge in [-0.1, -0.05) is 65.4 Å². The number of carbonyl (C=O) groups is 1. The Kier molecular flexibility index (Phi) is 9.67. The van der Waals surface area contributed by atoms with Crippen molar-refractivity contribution in [2.24, 2.45) is 5.92 Å². The number of thioether (sulfide) groups is 1. The molecule has 3 rings (SSSR count). The number of aldehydes is 1. The third-order valence-corrected chi connectivity index (χ3v) is 6.80. The number of anilines is 1. The van der Waals surface area contributed by atoms with E-state index in [1.54, 1.807) is 23.1 Å². The molecule has 2 aromatic carbocycles. The van der Waals surface area contributed by atoms with Crippen LogP contribution in [0.3, 0.4) is 0 Å². The largest absolute Gasteiger partial charge is 0.400 e. The molecule has 154 valence electrons. The van der Waals surface area contributed by atoms with Crippen molar-refractivity contribution in [1.29, 1.82) is 0 Å². The molecular formula is C22H25ClN2O2S2. The summed E-state index contributed by atoms with van der Waals surface area (Å²) in [6.07, 6.45) is 3.78. The summed E-state index contributed by atoms with van der Waals surface area (Å²) in [7, 11) is 1.00. The van der Waals surface area contributed by atoms with Crippen LogP contribution in [0, 0.1) is 12.8 Å². The van der Waals surface area contributed by atoms with Crippen LogP contribution >= 0.6 is 34.7 Å². The van der Waals surface area contributed by atoms with Crippen molar-refractivity contribution in [1.82, 2.24) is 4.98 Å². The van der Waals surface area contributed by atoms with Crippen LogP contribution in [0.15, 0.2) is 52.7 Å². The van der Waals surface area contributed by atoms with E-state index in [-0.39, 0.29) is 5.92 Å². The van der Waals surface area contributed by atoms with E-state index >= 15 is 0 Å². The molecule has 0 aliphatic rings. The van der Waals surface area contributed by atoms with Gasteiger partial charge in [-0.15, -0.1) is 11.8 Å². The Morgan fingerprint density at radius 2 is 1.97 bits per heavy atom. The molecule has 3 aromatic rings. The van der Waals surface area contributed by atoms with Crippen molar-refractivity contribution in [3.63, 3.8) is 0 Å². The first-order chi connectivity index (χ1) is 14.1. The second-order valence-corrected chi connectivity index (χ2v) is 8.77. The molecule has 0 aliphatic heterocycles. The maximum atomic E-state index is 11.5. The lowest BCUT2D eigenvalue weighted by Crippen LogP contribution is -2.18. The number of hydrogen-bond acceptors (Lipinski definition) is 6. The zero-order valence-electron chi connectivity index (χ0n) is 16.7. The molecule has 4 nitrogen and oxygen atoms in total. The van der Waals surface area contributed by atoms with E-state index in [9.17, 15) is 4.79 Å². The molecule has 1 aromatic heterocycles. The highest BCUT2D eigenvalue weighted by atomic mass is 35.5. The van der Waals surface area contributed by atoms with Crippen LogP contribution in [-0.4, -0.2) is 36.3 Å². The van der Waals surface area contributed by atoms with E-state index in [2.05, 4.69) is 5.32 Å². The molecule has 0 spiro atoms. The number of nitrogens with one attached hydrogen (secondary N) is 1. The fraction of sp³-hybridized carbons (Fsp3) is 0.273. The van der Waals surface area contributed by atoms with Crippen molar-refractivity contribution in [3.05, 3.63) is 64.7 Å². The minimum Gasteiger partial charge on any atom is -0.400 e.